The molecule has 9 heteroatoms. The van der Waals surface area contributed by atoms with Gasteiger partial charge in [0.05, 0.1) is 19.4 Å². The van der Waals surface area contributed by atoms with Crippen molar-refractivity contribution in [1.29, 1.82) is 0 Å². The highest BCUT2D eigenvalue weighted by atomic mass is 16.6. The minimum Gasteiger partial charge on any atom is -0.467 e. The predicted molar refractivity (Wildman–Crippen MR) is 77.5 cm³/mol. The molecule has 0 radical (unpaired) electrons. The summed E-state index contributed by atoms with van der Waals surface area (Å²) in [4.78, 5) is 15.9. The third kappa shape index (κ3) is 3.13. The van der Waals surface area contributed by atoms with Crippen molar-refractivity contribution in [3.05, 3.63) is 46.9 Å². The van der Waals surface area contributed by atoms with Crippen molar-refractivity contribution >= 4 is 5.82 Å². The number of furan rings is 1. The van der Waals surface area contributed by atoms with E-state index in [-0.39, 0.29) is 0 Å². The Labute approximate surface area is 130 Å². The first-order chi connectivity index (χ1) is 11.1. The fraction of sp³-hybridized carbons (Fsp3) is 0.429. The maximum absolute atomic E-state index is 12.1. The van der Waals surface area contributed by atoms with Gasteiger partial charge in [0.15, 0.2) is 6.23 Å². The zero-order valence-electron chi connectivity index (χ0n) is 12.1. The highest BCUT2D eigenvalue weighted by Gasteiger charge is 2.43. The van der Waals surface area contributed by atoms with E-state index in [1.54, 1.807) is 24.5 Å². The molecule has 3 rings (SSSR count). The van der Waals surface area contributed by atoms with Gasteiger partial charge < -0.3 is 29.8 Å². The van der Waals surface area contributed by atoms with Crippen LogP contribution < -0.4 is 11.0 Å². The highest BCUT2D eigenvalue weighted by Crippen LogP contribution is 2.28. The normalized spacial score (nSPS) is 27.3. The molecule has 1 saturated heterocycles. The maximum Gasteiger partial charge on any atom is 0.351 e. The van der Waals surface area contributed by atoms with Crippen LogP contribution >= 0.6 is 0 Å². The van der Waals surface area contributed by atoms with Gasteiger partial charge in [-0.1, -0.05) is 0 Å². The maximum atomic E-state index is 12.1. The topological polar surface area (TPSA) is 130 Å². The number of rotatable bonds is 5. The average molecular weight is 323 g/mol. The molecule has 0 bridgehead atoms. The van der Waals surface area contributed by atoms with Gasteiger partial charge in [0.25, 0.3) is 0 Å². The molecule has 2 aromatic heterocycles. The van der Waals surface area contributed by atoms with Crippen molar-refractivity contribution < 1.29 is 24.5 Å². The van der Waals surface area contributed by atoms with Crippen LogP contribution in [0.2, 0.25) is 0 Å². The van der Waals surface area contributed by atoms with Gasteiger partial charge >= 0.3 is 5.69 Å². The molecule has 1 fully saturated rings. The van der Waals surface area contributed by atoms with Crippen LogP contribution in [0, 0.1) is 0 Å². The summed E-state index contributed by atoms with van der Waals surface area (Å²) in [6, 6.07) is 5.08. The predicted octanol–water partition coefficient (Wildman–Crippen LogP) is -0.940. The molecule has 1 aliphatic heterocycles. The molecule has 0 unspecified atom stereocenters. The molecule has 0 aromatic carbocycles. The Balaban J connectivity index is 1.73. The van der Waals surface area contributed by atoms with Crippen LogP contribution in [0.25, 0.3) is 0 Å². The van der Waals surface area contributed by atoms with Crippen LogP contribution in [-0.4, -0.2) is 49.8 Å². The quantitative estimate of drug-likeness (QED) is 0.555. The zero-order chi connectivity index (χ0) is 16.4. The molecule has 9 nitrogen and oxygen atoms in total. The first-order valence-electron chi connectivity index (χ1n) is 7.08. The molecule has 4 atom stereocenters. The summed E-state index contributed by atoms with van der Waals surface area (Å²) in [5, 5.41) is 31.7. The van der Waals surface area contributed by atoms with Crippen LogP contribution in [-0.2, 0) is 11.3 Å². The number of ether oxygens (including phenoxy) is 1. The second-order valence-electron chi connectivity index (χ2n) is 5.16. The Bertz CT molecular complexity index is 701. The number of nitrogens with one attached hydrogen (secondary N) is 1. The SMILES string of the molecule is O=c1nc(NCc2ccco2)ccn1[C@@H]1O[C@@H](CO)[C@@H](O)[C@H]1O. The van der Waals surface area contributed by atoms with Gasteiger partial charge in [-0.25, -0.2) is 4.79 Å². The van der Waals surface area contributed by atoms with E-state index in [0.29, 0.717) is 18.1 Å². The van der Waals surface area contributed by atoms with Crippen molar-refractivity contribution in [2.75, 3.05) is 11.9 Å². The Morgan fingerprint density at radius 1 is 1.30 bits per heavy atom. The van der Waals surface area contributed by atoms with Crippen LogP contribution in [0.4, 0.5) is 5.82 Å². The first-order valence-corrected chi connectivity index (χ1v) is 7.08. The number of hydrogen-bond acceptors (Lipinski definition) is 8. The number of aliphatic hydroxyl groups is 3. The van der Waals surface area contributed by atoms with Crippen molar-refractivity contribution in [3.8, 4) is 0 Å². The Morgan fingerprint density at radius 3 is 2.74 bits per heavy atom. The van der Waals surface area contributed by atoms with Crippen LogP contribution in [0.15, 0.2) is 39.9 Å². The lowest BCUT2D eigenvalue weighted by Gasteiger charge is -2.17. The van der Waals surface area contributed by atoms with E-state index in [4.69, 9.17) is 14.3 Å². The molecule has 0 amide bonds. The molecule has 3 heterocycles. The third-order valence-corrected chi connectivity index (χ3v) is 3.65. The molecule has 0 saturated carbocycles. The summed E-state index contributed by atoms with van der Waals surface area (Å²) in [7, 11) is 0. The average Bonchev–Trinajstić information content (AvgIpc) is 3.16. The smallest absolute Gasteiger partial charge is 0.351 e. The molecular formula is C14H17N3O6. The Kier molecular flexibility index (Phi) is 4.44. The number of anilines is 1. The second kappa shape index (κ2) is 6.50. The van der Waals surface area contributed by atoms with Crippen molar-refractivity contribution in [2.24, 2.45) is 0 Å². The number of hydrogen-bond donors (Lipinski definition) is 4. The molecule has 23 heavy (non-hydrogen) atoms. The van der Waals surface area contributed by atoms with Crippen molar-refractivity contribution in [2.45, 2.75) is 31.1 Å². The summed E-state index contributed by atoms with van der Waals surface area (Å²) >= 11 is 0. The molecular weight excluding hydrogens is 306 g/mol. The summed E-state index contributed by atoms with van der Waals surface area (Å²) < 4.78 is 11.5. The van der Waals surface area contributed by atoms with E-state index < -0.39 is 36.8 Å². The van der Waals surface area contributed by atoms with E-state index in [0.717, 1.165) is 4.57 Å². The summed E-state index contributed by atoms with van der Waals surface area (Å²) in [6.45, 7) is -0.0863. The van der Waals surface area contributed by atoms with Crippen molar-refractivity contribution in [1.82, 2.24) is 9.55 Å². The minimum absolute atomic E-state index is 0.342. The molecule has 1 aliphatic rings. The fourth-order valence-corrected chi connectivity index (χ4v) is 2.41. The first kappa shape index (κ1) is 15.7. The molecule has 2 aromatic rings. The van der Waals surface area contributed by atoms with E-state index in [2.05, 4.69) is 10.3 Å². The minimum atomic E-state index is -1.33. The highest BCUT2D eigenvalue weighted by molar-refractivity contribution is 5.32. The second-order valence-corrected chi connectivity index (χ2v) is 5.16. The van der Waals surface area contributed by atoms with Crippen LogP contribution in [0.5, 0.6) is 0 Å². The summed E-state index contributed by atoms with van der Waals surface area (Å²) in [5.41, 5.74) is -0.649. The lowest BCUT2D eigenvalue weighted by Crippen LogP contribution is -2.36. The van der Waals surface area contributed by atoms with E-state index >= 15 is 0 Å². The molecule has 0 spiro atoms. The van der Waals surface area contributed by atoms with E-state index in [1.165, 1.54) is 6.20 Å². The van der Waals surface area contributed by atoms with Gasteiger partial charge in [-0.3, -0.25) is 4.57 Å². The van der Waals surface area contributed by atoms with Gasteiger partial charge in [-0.05, 0) is 18.2 Å². The van der Waals surface area contributed by atoms with Crippen LogP contribution in [0.3, 0.4) is 0 Å². The number of aliphatic hydroxyl groups excluding tert-OH is 3. The monoisotopic (exact) mass is 323 g/mol. The van der Waals surface area contributed by atoms with Gasteiger partial charge in [0, 0.05) is 6.20 Å². The lowest BCUT2D eigenvalue weighted by molar-refractivity contribution is -0.0549. The van der Waals surface area contributed by atoms with Gasteiger partial charge in [-0.15, -0.1) is 0 Å². The van der Waals surface area contributed by atoms with E-state index in [1.807, 2.05) is 0 Å². The summed E-state index contributed by atoms with van der Waals surface area (Å²) in [5.74, 6) is 1.04. The molecule has 124 valence electrons. The Morgan fingerprint density at radius 2 is 2.13 bits per heavy atom. The summed E-state index contributed by atoms with van der Waals surface area (Å²) in [6.07, 6.45) is -1.69. The standard InChI is InChI=1S/C14H17N3O6/c18-7-9-11(19)12(20)13(23-9)17-4-3-10(16-14(17)21)15-6-8-2-1-5-22-8/h1-5,9,11-13,18-20H,6-7H2,(H,15,16,21)/t9-,11+,12+,13+/m0/s1. The lowest BCUT2D eigenvalue weighted by atomic mass is 10.1. The largest absolute Gasteiger partial charge is 0.467 e. The van der Waals surface area contributed by atoms with Gasteiger partial charge in [0.2, 0.25) is 0 Å². The third-order valence-electron chi connectivity index (χ3n) is 3.65. The van der Waals surface area contributed by atoms with Crippen molar-refractivity contribution in [3.63, 3.8) is 0 Å². The Hall–Kier alpha value is -2.20. The fourth-order valence-electron chi connectivity index (χ4n) is 2.41. The van der Waals surface area contributed by atoms with E-state index in [9.17, 15) is 15.0 Å². The van der Waals surface area contributed by atoms with Crippen LogP contribution in [0.1, 0.15) is 12.0 Å². The van der Waals surface area contributed by atoms with Gasteiger partial charge in [-0.2, -0.15) is 4.98 Å². The number of nitrogens with zero attached hydrogens (tertiary/aromatic N) is 2. The molecule has 4 N–H and O–H groups in total. The zero-order valence-corrected chi connectivity index (χ0v) is 12.1. The molecule has 0 aliphatic carbocycles. The van der Waals surface area contributed by atoms with Gasteiger partial charge in [0.1, 0.15) is 29.9 Å². The number of aromatic nitrogens is 2.